The molecule has 11 nitrogen and oxygen atoms in total. The molecule has 0 unspecified atom stereocenters. The maximum atomic E-state index is 12.2. The normalized spacial score (nSPS) is 10.0. The average molecular weight is 593 g/mol. The number of aldehydes is 3. The number of thioether (sulfide) groups is 2. The quantitative estimate of drug-likeness (QED) is 0.0697. The van der Waals surface area contributed by atoms with E-state index in [1.54, 1.807) is 29.6 Å². The van der Waals surface area contributed by atoms with Crippen molar-refractivity contribution >= 4 is 54.2 Å². The molecular formula is C27H36N4O7S2. The molecule has 0 aliphatic heterocycles. The van der Waals surface area contributed by atoms with Gasteiger partial charge in [0.15, 0.2) is 18.9 Å². The molecular weight excluding hydrogens is 556 g/mol. The minimum absolute atomic E-state index is 0.155. The number of amides is 2. The molecule has 0 fully saturated rings. The Morgan fingerprint density at radius 2 is 1.20 bits per heavy atom. The van der Waals surface area contributed by atoms with Crippen molar-refractivity contribution in [2.24, 2.45) is 11.7 Å². The summed E-state index contributed by atoms with van der Waals surface area (Å²) in [6.07, 6.45) is 3.24. The molecule has 0 saturated carbocycles. The lowest BCUT2D eigenvalue weighted by Crippen LogP contribution is -2.32. The molecule has 0 atom stereocenters. The Labute approximate surface area is 242 Å². The summed E-state index contributed by atoms with van der Waals surface area (Å²) in [6.45, 7) is 5.01. The van der Waals surface area contributed by atoms with Crippen LogP contribution in [0, 0.1) is 0 Å². The highest BCUT2D eigenvalue weighted by molar-refractivity contribution is 7.99. The zero-order valence-corrected chi connectivity index (χ0v) is 24.2. The third-order valence-electron chi connectivity index (χ3n) is 5.17. The van der Waals surface area contributed by atoms with Crippen LogP contribution in [0.2, 0.25) is 0 Å². The van der Waals surface area contributed by atoms with Crippen LogP contribution in [0.5, 0.6) is 11.5 Å². The summed E-state index contributed by atoms with van der Waals surface area (Å²) in [5.41, 5.74) is 5.25. The van der Waals surface area contributed by atoms with Gasteiger partial charge in [-0.05, 0) is 48.0 Å². The van der Waals surface area contributed by atoms with E-state index >= 15 is 0 Å². The lowest BCUT2D eigenvalue weighted by Gasteiger charge is -2.16. The third kappa shape index (κ3) is 11.4. The molecule has 0 aromatic heterocycles. The predicted molar refractivity (Wildman–Crippen MR) is 159 cm³/mol. The first kappa shape index (κ1) is 34.6. The standard InChI is InChI=1S/C18H30N4O4S2.C9H6O3/c1-3-27-9-5-7-25-15-11-14(18(24)22-20)16(12-13(15)17(23)21-19)26-8-6-10-28-4-2;10-4-7-2-1-3-8(5-11)9(7)6-12/h11-12H,3-10,19-20H2,1-2H3,(H,21,23)(H,22,24);1-6H. The number of carbonyl (C=O) groups excluding carboxylic acids is 5. The molecule has 0 aliphatic carbocycles. The molecule has 0 radical (unpaired) electrons. The van der Waals surface area contributed by atoms with Gasteiger partial charge in [-0.15, -0.1) is 0 Å². The van der Waals surface area contributed by atoms with E-state index in [9.17, 15) is 24.0 Å². The van der Waals surface area contributed by atoms with Gasteiger partial charge < -0.3 is 9.47 Å². The van der Waals surface area contributed by atoms with E-state index in [1.165, 1.54) is 24.3 Å². The highest BCUT2D eigenvalue weighted by Crippen LogP contribution is 2.30. The summed E-state index contributed by atoms with van der Waals surface area (Å²) >= 11 is 3.61. The van der Waals surface area contributed by atoms with E-state index in [-0.39, 0.29) is 39.3 Å². The maximum Gasteiger partial charge on any atom is 0.269 e. The fourth-order valence-corrected chi connectivity index (χ4v) is 4.45. The number of carbonyl (C=O) groups is 5. The summed E-state index contributed by atoms with van der Waals surface area (Å²) in [5, 5.41) is 0. The highest BCUT2D eigenvalue weighted by Gasteiger charge is 2.21. The minimum atomic E-state index is -0.524. The van der Waals surface area contributed by atoms with E-state index in [0.29, 0.717) is 32.1 Å². The minimum Gasteiger partial charge on any atom is -0.493 e. The number of benzene rings is 2. The average Bonchev–Trinajstić information content (AvgIpc) is 2.99. The van der Waals surface area contributed by atoms with Crippen LogP contribution in [0.3, 0.4) is 0 Å². The number of nitrogens with one attached hydrogen (secondary N) is 2. The molecule has 40 heavy (non-hydrogen) atoms. The Morgan fingerprint density at radius 3 is 1.52 bits per heavy atom. The predicted octanol–water partition coefficient (Wildman–Crippen LogP) is 3.06. The molecule has 0 aliphatic rings. The van der Waals surface area contributed by atoms with Crippen molar-refractivity contribution in [2.75, 3.05) is 36.2 Å². The number of ether oxygens (including phenoxy) is 2. The van der Waals surface area contributed by atoms with Crippen molar-refractivity contribution in [1.82, 2.24) is 10.9 Å². The second kappa shape index (κ2) is 20.5. The van der Waals surface area contributed by atoms with Crippen molar-refractivity contribution in [3.05, 3.63) is 58.1 Å². The molecule has 0 spiro atoms. The van der Waals surface area contributed by atoms with Gasteiger partial charge in [0.05, 0.1) is 24.3 Å². The van der Waals surface area contributed by atoms with Crippen LogP contribution in [0.4, 0.5) is 0 Å². The summed E-state index contributed by atoms with van der Waals surface area (Å²) < 4.78 is 11.5. The Balaban J connectivity index is 0.000000552. The Hall–Kier alpha value is -3.39. The van der Waals surface area contributed by atoms with Gasteiger partial charge in [0.2, 0.25) is 0 Å². The molecule has 0 heterocycles. The van der Waals surface area contributed by atoms with Gasteiger partial charge in [-0.3, -0.25) is 34.8 Å². The Bertz CT molecular complexity index is 1050. The van der Waals surface area contributed by atoms with E-state index in [0.717, 1.165) is 35.9 Å². The van der Waals surface area contributed by atoms with Gasteiger partial charge in [0, 0.05) is 16.7 Å². The monoisotopic (exact) mass is 592 g/mol. The molecule has 6 N–H and O–H groups in total. The summed E-state index contributed by atoms with van der Waals surface area (Å²) in [4.78, 5) is 55.6. The molecule has 2 aromatic rings. The maximum absolute atomic E-state index is 12.2. The van der Waals surface area contributed by atoms with Crippen LogP contribution >= 0.6 is 23.5 Å². The molecule has 13 heteroatoms. The number of hydrogen-bond donors (Lipinski definition) is 4. The summed E-state index contributed by atoms with van der Waals surface area (Å²) in [5.74, 6) is 14.0. The van der Waals surface area contributed by atoms with Gasteiger partial charge >= 0.3 is 0 Å². The molecule has 2 aromatic carbocycles. The van der Waals surface area contributed by atoms with Gasteiger partial charge in [0.1, 0.15) is 11.5 Å². The number of hydrazine groups is 2. The van der Waals surface area contributed by atoms with Crippen LogP contribution < -0.4 is 32.0 Å². The van der Waals surface area contributed by atoms with Gasteiger partial charge in [0.25, 0.3) is 11.8 Å². The number of hydrogen-bond acceptors (Lipinski definition) is 11. The fourth-order valence-electron chi connectivity index (χ4n) is 3.23. The summed E-state index contributed by atoms with van der Waals surface area (Å²) in [7, 11) is 0. The SMILES string of the molecule is CCSCCCOc1cc(C(=O)NN)c(OCCCSCC)cc1C(=O)NN.O=Cc1cccc(C=O)c1C=O. The van der Waals surface area contributed by atoms with E-state index in [4.69, 9.17) is 21.2 Å². The number of nitrogen functional groups attached to an aromatic ring is 2. The first-order valence-electron chi connectivity index (χ1n) is 12.5. The molecule has 0 bridgehead atoms. The summed E-state index contributed by atoms with van der Waals surface area (Å²) in [6, 6.07) is 7.47. The Kier molecular flexibility index (Phi) is 17.8. The number of nitrogens with two attached hydrogens (primary N) is 2. The molecule has 218 valence electrons. The second-order valence-electron chi connectivity index (χ2n) is 7.79. The first-order valence-corrected chi connectivity index (χ1v) is 14.8. The highest BCUT2D eigenvalue weighted by atomic mass is 32.2. The first-order chi connectivity index (χ1) is 19.4. The van der Waals surface area contributed by atoms with E-state index < -0.39 is 11.8 Å². The van der Waals surface area contributed by atoms with Gasteiger partial charge in [-0.2, -0.15) is 23.5 Å². The molecule has 0 saturated heterocycles. The largest absolute Gasteiger partial charge is 0.493 e. The third-order valence-corrected chi connectivity index (χ3v) is 7.14. The van der Waals surface area contributed by atoms with Gasteiger partial charge in [-0.1, -0.05) is 32.0 Å². The topological polar surface area (TPSA) is 180 Å². The number of rotatable bonds is 17. The molecule has 2 rings (SSSR count). The van der Waals surface area contributed by atoms with Crippen molar-refractivity contribution in [3.63, 3.8) is 0 Å². The van der Waals surface area contributed by atoms with Gasteiger partial charge in [-0.25, -0.2) is 11.7 Å². The van der Waals surface area contributed by atoms with Crippen LogP contribution in [0.25, 0.3) is 0 Å². The van der Waals surface area contributed by atoms with Crippen molar-refractivity contribution in [1.29, 1.82) is 0 Å². The van der Waals surface area contributed by atoms with Crippen LogP contribution in [-0.4, -0.2) is 66.9 Å². The zero-order chi connectivity index (χ0) is 29.8. The Morgan fingerprint density at radius 1 is 0.775 bits per heavy atom. The van der Waals surface area contributed by atoms with Crippen LogP contribution in [-0.2, 0) is 0 Å². The lowest BCUT2D eigenvalue weighted by molar-refractivity contribution is 0.0934. The van der Waals surface area contributed by atoms with Crippen molar-refractivity contribution in [2.45, 2.75) is 26.7 Å². The van der Waals surface area contributed by atoms with Crippen LogP contribution in [0.1, 0.15) is 78.5 Å². The lowest BCUT2D eigenvalue weighted by atomic mass is 10.0. The smallest absolute Gasteiger partial charge is 0.269 e. The van der Waals surface area contributed by atoms with Crippen LogP contribution in [0.15, 0.2) is 30.3 Å². The van der Waals surface area contributed by atoms with E-state index in [2.05, 4.69) is 24.7 Å². The zero-order valence-electron chi connectivity index (χ0n) is 22.6. The molecule has 2 amide bonds. The van der Waals surface area contributed by atoms with E-state index in [1.807, 2.05) is 0 Å². The van der Waals surface area contributed by atoms with Crippen molar-refractivity contribution < 1.29 is 33.4 Å². The fraction of sp³-hybridized carbons (Fsp3) is 0.370. The van der Waals surface area contributed by atoms with Crippen molar-refractivity contribution in [3.8, 4) is 11.5 Å². The second-order valence-corrected chi connectivity index (χ2v) is 10.6.